The van der Waals surface area contributed by atoms with Crippen LogP contribution in [0.5, 0.6) is 0 Å². The summed E-state index contributed by atoms with van der Waals surface area (Å²) in [4.78, 5) is 2.31. The van der Waals surface area contributed by atoms with Crippen molar-refractivity contribution in [2.24, 2.45) is 11.7 Å². The van der Waals surface area contributed by atoms with Gasteiger partial charge in [0.25, 0.3) is 0 Å². The topological polar surface area (TPSA) is 29.3 Å². The summed E-state index contributed by atoms with van der Waals surface area (Å²) in [5.74, 6) is 3.60. The van der Waals surface area contributed by atoms with Gasteiger partial charge >= 0.3 is 0 Å². The first-order valence-corrected chi connectivity index (χ1v) is 5.17. The molecule has 1 aliphatic rings. The molecule has 0 radical (unpaired) electrons. The fraction of sp³-hybridized carbons (Fsp3) is 0.818. The summed E-state index contributed by atoms with van der Waals surface area (Å²) in [6, 6.07) is 0.284. The molecule has 1 rings (SSSR count). The summed E-state index contributed by atoms with van der Waals surface area (Å²) in [5, 5.41) is 0. The largest absolute Gasteiger partial charge is 0.327 e. The maximum absolute atomic E-state index is 5.89. The second-order valence-corrected chi connectivity index (χ2v) is 4.01. The van der Waals surface area contributed by atoms with Crippen LogP contribution in [0.1, 0.15) is 26.2 Å². The van der Waals surface area contributed by atoms with Gasteiger partial charge in [-0.05, 0) is 25.2 Å². The molecule has 2 nitrogen and oxygen atoms in total. The Morgan fingerprint density at radius 1 is 1.62 bits per heavy atom. The van der Waals surface area contributed by atoms with Gasteiger partial charge in [0.1, 0.15) is 0 Å². The normalized spacial score (nSPS) is 18.6. The Hall–Kier alpha value is -0.520. The third-order valence-corrected chi connectivity index (χ3v) is 2.55. The van der Waals surface area contributed by atoms with Crippen LogP contribution in [0.25, 0.3) is 0 Å². The highest BCUT2D eigenvalue weighted by atomic mass is 15.1. The molecule has 2 N–H and O–H groups in total. The number of hydrogen-bond donors (Lipinski definition) is 1. The molecule has 0 aliphatic heterocycles. The number of hydrogen-bond acceptors (Lipinski definition) is 2. The van der Waals surface area contributed by atoms with E-state index in [2.05, 4.69) is 17.7 Å². The lowest BCUT2D eigenvalue weighted by Gasteiger charge is -2.22. The smallest absolute Gasteiger partial charge is 0.0599 e. The fourth-order valence-corrected chi connectivity index (χ4v) is 1.46. The van der Waals surface area contributed by atoms with Crippen LogP contribution in [0.2, 0.25) is 0 Å². The van der Waals surface area contributed by atoms with Crippen LogP contribution in [0.4, 0.5) is 0 Å². The molecule has 1 saturated carbocycles. The van der Waals surface area contributed by atoms with Gasteiger partial charge in [-0.2, -0.15) is 0 Å². The fourth-order valence-electron chi connectivity index (χ4n) is 1.46. The number of nitrogens with two attached hydrogens (primary N) is 1. The van der Waals surface area contributed by atoms with Crippen LogP contribution >= 0.6 is 0 Å². The Morgan fingerprint density at radius 3 is 2.77 bits per heavy atom. The standard InChI is InChI=1S/C11H20N2/c1-3-7-13(8-10-5-6-10)9-11(12)4-2/h1,10-11H,4-9,12H2,2H3. The van der Waals surface area contributed by atoms with Gasteiger partial charge in [0, 0.05) is 19.1 Å². The van der Waals surface area contributed by atoms with Gasteiger partial charge in [-0.25, -0.2) is 0 Å². The zero-order valence-electron chi connectivity index (χ0n) is 8.50. The first-order chi connectivity index (χ1) is 6.26. The van der Waals surface area contributed by atoms with Gasteiger partial charge in [-0.1, -0.05) is 12.8 Å². The number of nitrogens with zero attached hydrogens (tertiary/aromatic N) is 1. The summed E-state index contributed by atoms with van der Waals surface area (Å²) in [6.07, 6.45) is 9.10. The van der Waals surface area contributed by atoms with Crippen molar-refractivity contribution in [2.75, 3.05) is 19.6 Å². The van der Waals surface area contributed by atoms with Gasteiger partial charge in [0.2, 0.25) is 0 Å². The van der Waals surface area contributed by atoms with Crippen molar-refractivity contribution >= 4 is 0 Å². The Labute approximate surface area is 81.5 Å². The second kappa shape index (κ2) is 5.26. The maximum atomic E-state index is 5.89. The molecule has 2 heteroatoms. The highest BCUT2D eigenvalue weighted by Crippen LogP contribution is 2.29. The summed E-state index contributed by atoms with van der Waals surface area (Å²) >= 11 is 0. The first kappa shape index (κ1) is 10.6. The Balaban J connectivity index is 2.23. The van der Waals surface area contributed by atoms with Gasteiger partial charge in [-0.15, -0.1) is 6.42 Å². The molecular weight excluding hydrogens is 160 g/mol. The molecule has 0 aromatic carbocycles. The zero-order valence-corrected chi connectivity index (χ0v) is 8.50. The third-order valence-electron chi connectivity index (χ3n) is 2.55. The van der Waals surface area contributed by atoms with Crippen LogP contribution in [0, 0.1) is 18.3 Å². The second-order valence-electron chi connectivity index (χ2n) is 4.01. The van der Waals surface area contributed by atoms with Crippen LogP contribution < -0.4 is 5.73 Å². The quantitative estimate of drug-likeness (QED) is 0.620. The predicted octanol–water partition coefficient (Wildman–Crippen LogP) is 1.07. The van der Waals surface area contributed by atoms with E-state index in [0.29, 0.717) is 0 Å². The summed E-state index contributed by atoms with van der Waals surface area (Å²) in [5.41, 5.74) is 5.89. The SMILES string of the molecule is C#CCN(CC(N)CC)CC1CC1. The Kier molecular flexibility index (Phi) is 4.27. The van der Waals surface area contributed by atoms with Crippen LogP contribution in [0.15, 0.2) is 0 Å². The summed E-state index contributed by atoms with van der Waals surface area (Å²) in [6.45, 7) is 4.98. The number of rotatable bonds is 6. The van der Waals surface area contributed by atoms with Crippen molar-refractivity contribution in [1.29, 1.82) is 0 Å². The van der Waals surface area contributed by atoms with E-state index in [4.69, 9.17) is 12.2 Å². The monoisotopic (exact) mass is 180 g/mol. The van der Waals surface area contributed by atoms with E-state index in [9.17, 15) is 0 Å². The molecule has 74 valence electrons. The predicted molar refractivity (Wildman–Crippen MR) is 56.3 cm³/mol. The van der Waals surface area contributed by atoms with Gasteiger partial charge in [-0.3, -0.25) is 4.90 Å². The molecule has 0 amide bonds. The van der Waals surface area contributed by atoms with Crippen molar-refractivity contribution in [3.05, 3.63) is 0 Å². The lowest BCUT2D eigenvalue weighted by Crippen LogP contribution is -2.38. The minimum Gasteiger partial charge on any atom is -0.327 e. The van der Waals surface area contributed by atoms with Crippen LogP contribution in [-0.4, -0.2) is 30.6 Å². The molecule has 13 heavy (non-hydrogen) atoms. The van der Waals surface area contributed by atoms with Crippen molar-refractivity contribution < 1.29 is 0 Å². The molecule has 1 fully saturated rings. The van der Waals surface area contributed by atoms with Crippen molar-refractivity contribution in [3.8, 4) is 12.3 Å². The van der Waals surface area contributed by atoms with Gasteiger partial charge in [0.05, 0.1) is 6.54 Å². The van der Waals surface area contributed by atoms with Crippen molar-refractivity contribution in [2.45, 2.75) is 32.2 Å². The molecule has 0 saturated heterocycles. The Bertz CT molecular complexity index is 179. The van der Waals surface area contributed by atoms with E-state index in [1.54, 1.807) is 0 Å². The van der Waals surface area contributed by atoms with E-state index in [0.717, 1.165) is 32.0 Å². The van der Waals surface area contributed by atoms with E-state index in [1.807, 2.05) is 0 Å². The minimum atomic E-state index is 0.284. The van der Waals surface area contributed by atoms with Crippen LogP contribution in [-0.2, 0) is 0 Å². The van der Waals surface area contributed by atoms with E-state index < -0.39 is 0 Å². The highest BCUT2D eigenvalue weighted by molar-refractivity contribution is 4.90. The maximum Gasteiger partial charge on any atom is 0.0599 e. The molecule has 0 spiro atoms. The summed E-state index contributed by atoms with van der Waals surface area (Å²) in [7, 11) is 0. The number of terminal acetylenes is 1. The molecular formula is C11H20N2. The Morgan fingerprint density at radius 2 is 2.31 bits per heavy atom. The molecule has 1 unspecified atom stereocenters. The minimum absolute atomic E-state index is 0.284. The van der Waals surface area contributed by atoms with Gasteiger partial charge < -0.3 is 5.73 Å². The van der Waals surface area contributed by atoms with Gasteiger partial charge in [0.15, 0.2) is 0 Å². The average molecular weight is 180 g/mol. The summed E-state index contributed by atoms with van der Waals surface area (Å²) < 4.78 is 0. The van der Waals surface area contributed by atoms with E-state index >= 15 is 0 Å². The zero-order chi connectivity index (χ0) is 9.68. The van der Waals surface area contributed by atoms with Crippen molar-refractivity contribution in [3.63, 3.8) is 0 Å². The van der Waals surface area contributed by atoms with E-state index in [-0.39, 0.29) is 6.04 Å². The first-order valence-electron chi connectivity index (χ1n) is 5.17. The molecule has 0 heterocycles. The lowest BCUT2D eigenvalue weighted by molar-refractivity contribution is 0.273. The van der Waals surface area contributed by atoms with Crippen LogP contribution in [0.3, 0.4) is 0 Å². The highest BCUT2D eigenvalue weighted by Gasteiger charge is 2.24. The molecule has 0 bridgehead atoms. The lowest BCUT2D eigenvalue weighted by atomic mass is 10.2. The molecule has 0 aromatic rings. The molecule has 0 aromatic heterocycles. The average Bonchev–Trinajstić information content (AvgIpc) is 2.88. The van der Waals surface area contributed by atoms with Crippen molar-refractivity contribution in [1.82, 2.24) is 4.90 Å². The molecule has 1 aliphatic carbocycles. The molecule has 1 atom stereocenters. The third kappa shape index (κ3) is 4.31. The van der Waals surface area contributed by atoms with E-state index in [1.165, 1.54) is 12.8 Å².